The summed E-state index contributed by atoms with van der Waals surface area (Å²) in [6.07, 6.45) is 13.8. The van der Waals surface area contributed by atoms with E-state index >= 15 is 0 Å². The zero-order valence-electron chi connectivity index (χ0n) is 16.7. The number of esters is 1. The second kappa shape index (κ2) is 13.9. The molecular weight excluding hydrogens is 330 g/mol. The van der Waals surface area contributed by atoms with Gasteiger partial charge in [0.05, 0.1) is 7.11 Å². The van der Waals surface area contributed by atoms with Crippen molar-refractivity contribution in [3.63, 3.8) is 0 Å². The minimum absolute atomic E-state index is 0.0222. The van der Waals surface area contributed by atoms with Crippen LogP contribution in [0.25, 0.3) is 0 Å². The molecule has 0 spiro atoms. The number of hydrogen-bond donors (Lipinski definition) is 0. The Balaban J connectivity index is 2.29. The lowest BCUT2D eigenvalue weighted by atomic mass is 9.85. The number of rotatable bonds is 15. The first-order valence-corrected chi connectivity index (χ1v) is 10.6. The number of nitrogens with zero attached hydrogens (tertiary/aromatic N) is 1. The third-order valence-corrected chi connectivity index (χ3v) is 5.74. The lowest BCUT2D eigenvalue weighted by molar-refractivity contribution is -0.140. The molecule has 1 aliphatic carbocycles. The summed E-state index contributed by atoms with van der Waals surface area (Å²) in [6.45, 7) is 2.21. The first-order valence-electron chi connectivity index (χ1n) is 10.6. The molecule has 0 bridgehead atoms. The summed E-state index contributed by atoms with van der Waals surface area (Å²) >= 11 is 0. The second-order valence-corrected chi connectivity index (χ2v) is 7.70. The van der Waals surface area contributed by atoms with Gasteiger partial charge in [0.2, 0.25) is 0 Å². The maximum absolute atomic E-state index is 12.3. The predicted molar refractivity (Wildman–Crippen MR) is 104 cm³/mol. The molecule has 5 heteroatoms. The van der Waals surface area contributed by atoms with E-state index in [1.165, 1.54) is 39.2 Å². The average Bonchev–Trinajstić information content (AvgIpc) is 2.95. The van der Waals surface area contributed by atoms with E-state index < -0.39 is 0 Å². The van der Waals surface area contributed by atoms with Crippen LogP contribution >= 0.6 is 0 Å². The summed E-state index contributed by atoms with van der Waals surface area (Å²) in [5, 5.41) is 3.26. The van der Waals surface area contributed by atoms with Crippen LogP contribution in [0.1, 0.15) is 96.8 Å². The maximum Gasteiger partial charge on any atom is 0.305 e. The van der Waals surface area contributed by atoms with Gasteiger partial charge in [0, 0.05) is 18.8 Å². The number of ether oxygens (including phenoxy) is 1. The van der Waals surface area contributed by atoms with Crippen molar-refractivity contribution in [2.75, 3.05) is 7.11 Å². The number of unbranched alkanes of at least 4 members (excludes halogenated alkanes) is 8. The SMILES string of the molecule is CCCCCCCC[C@H]1C(N=O)CC(=O)[C@@H]1CCCCCCC(=O)OC. The van der Waals surface area contributed by atoms with E-state index in [0.29, 0.717) is 12.8 Å². The number of carbonyl (C=O) groups is 2. The molecule has 0 radical (unpaired) electrons. The Morgan fingerprint density at radius 3 is 2.27 bits per heavy atom. The van der Waals surface area contributed by atoms with Gasteiger partial charge in [0.15, 0.2) is 0 Å². The van der Waals surface area contributed by atoms with Crippen molar-refractivity contribution in [2.24, 2.45) is 17.0 Å². The van der Waals surface area contributed by atoms with E-state index in [0.717, 1.165) is 44.9 Å². The Bertz CT molecular complexity index is 424. The molecule has 0 aromatic carbocycles. The molecule has 150 valence electrons. The normalized spacial score (nSPS) is 22.5. The summed E-state index contributed by atoms with van der Waals surface area (Å²) in [7, 11) is 1.41. The molecule has 1 rings (SSSR count). The van der Waals surface area contributed by atoms with Gasteiger partial charge < -0.3 is 4.74 Å². The summed E-state index contributed by atoms with van der Waals surface area (Å²) in [5.41, 5.74) is 0. The molecule has 0 aliphatic heterocycles. The Morgan fingerprint density at radius 2 is 1.62 bits per heavy atom. The quantitative estimate of drug-likeness (QED) is 0.215. The zero-order valence-corrected chi connectivity index (χ0v) is 16.7. The summed E-state index contributed by atoms with van der Waals surface area (Å²) in [5.74, 6) is 0.255. The van der Waals surface area contributed by atoms with E-state index in [4.69, 9.17) is 0 Å². The van der Waals surface area contributed by atoms with E-state index in [-0.39, 0.29) is 29.6 Å². The summed E-state index contributed by atoms with van der Waals surface area (Å²) < 4.78 is 4.64. The first kappa shape index (κ1) is 22.8. The van der Waals surface area contributed by atoms with Crippen molar-refractivity contribution in [2.45, 2.75) is 103 Å². The van der Waals surface area contributed by atoms with Crippen LogP contribution in [0.2, 0.25) is 0 Å². The molecule has 0 N–H and O–H groups in total. The molecule has 0 heterocycles. The monoisotopic (exact) mass is 367 g/mol. The van der Waals surface area contributed by atoms with Gasteiger partial charge in [-0.15, -0.1) is 0 Å². The Morgan fingerprint density at radius 1 is 1.00 bits per heavy atom. The van der Waals surface area contributed by atoms with Crippen LogP contribution in [0.5, 0.6) is 0 Å². The lowest BCUT2D eigenvalue weighted by Gasteiger charge is -2.20. The van der Waals surface area contributed by atoms with Gasteiger partial charge in [0.25, 0.3) is 0 Å². The molecule has 5 nitrogen and oxygen atoms in total. The fourth-order valence-corrected chi connectivity index (χ4v) is 4.15. The molecule has 0 saturated heterocycles. The topological polar surface area (TPSA) is 72.8 Å². The van der Waals surface area contributed by atoms with Crippen LogP contribution in [0.4, 0.5) is 0 Å². The molecule has 1 fully saturated rings. The van der Waals surface area contributed by atoms with Crippen molar-refractivity contribution >= 4 is 11.8 Å². The van der Waals surface area contributed by atoms with Crippen molar-refractivity contribution in [1.29, 1.82) is 0 Å². The van der Waals surface area contributed by atoms with Gasteiger partial charge in [-0.05, 0) is 25.2 Å². The Labute approximate surface area is 158 Å². The van der Waals surface area contributed by atoms with Crippen LogP contribution in [0.15, 0.2) is 5.18 Å². The number of methoxy groups -OCH3 is 1. The predicted octanol–water partition coefficient (Wildman–Crippen LogP) is 5.59. The largest absolute Gasteiger partial charge is 0.469 e. The molecule has 0 aromatic heterocycles. The number of Topliss-reactive ketones (excluding diaryl/α,β-unsaturated/α-hetero) is 1. The highest BCUT2D eigenvalue weighted by molar-refractivity contribution is 5.84. The highest BCUT2D eigenvalue weighted by Crippen LogP contribution is 2.38. The van der Waals surface area contributed by atoms with Crippen molar-refractivity contribution in [3.8, 4) is 0 Å². The smallest absolute Gasteiger partial charge is 0.305 e. The van der Waals surface area contributed by atoms with Gasteiger partial charge in [-0.2, -0.15) is 4.91 Å². The lowest BCUT2D eigenvalue weighted by Crippen LogP contribution is -2.19. The van der Waals surface area contributed by atoms with Crippen LogP contribution in [0.3, 0.4) is 0 Å². The van der Waals surface area contributed by atoms with E-state index in [1.807, 2.05) is 0 Å². The van der Waals surface area contributed by atoms with Gasteiger partial charge >= 0.3 is 5.97 Å². The highest BCUT2D eigenvalue weighted by atomic mass is 16.5. The standard InChI is InChI=1S/C21H37NO4/c1-3-4-5-6-7-10-13-17-18(20(23)16-19(17)22-25)14-11-8-9-12-15-21(24)26-2/h17-19H,3-16H2,1-2H3/t17-,18-,19?/m1/s1. The molecule has 1 unspecified atom stereocenters. The minimum Gasteiger partial charge on any atom is -0.469 e. The van der Waals surface area contributed by atoms with Gasteiger partial charge in [-0.1, -0.05) is 69.9 Å². The average molecular weight is 368 g/mol. The van der Waals surface area contributed by atoms with E-state index in [9.17, 15) is 14.5 Å². The van der Waals surface area contributed by atoms with Gasteiger partial charge in [0.1, 0.15) is 11.8 Å². The molecule has 1 saturated carbocycles. The third kappa shape index (κ3) is 8.41. The number of hydrogen-bond acceptors (Lipinski definition) is 5. The van der Waals surface area contributed by atoms with E-state index in [1.54, 1.807) is 0 Å². The fraction of sp³-hybridized carbons (Fsp3) is 0.905. The Hall–Kier alpha value is -1.26. The second-order valence-electron chi connectivity index (χ2n) is 7.70. The van der Waals surface area contributed by atoms with Crippen LogP contribution < -0.4 is 0 Å². The summed E-state index contributed by atoms with van der Waals surface area (Å²) in [6, 6.07) is -0.303. The van der Waals surface area contributed by atoms with Crippen LogP contribution in [-0.2, 0) is 14.3 Å². The van der Waals surface area contributed by atoms with Gasteiger partial charge in [-0.25, -0.2) is 0 Å². The molecule has 0 aromatic rings. The number of nitroso groups, excluding NO2 is 1. The fourth-order valence-electron chi connectivity index (χ4n) is 4.15. The van der Waals surface area contributed by atoms with Crippen molar-refractivity contribution in [3.05, 3.63) is 4.91 Å². The van der Waals surface area contributed by atoms with Crippen molar-refractivity contribution in [1.82, 2.24) is 0 Å². The van der Waals surface area contributed by atoms with E-state index in [2.05, 4.69) is 16.8 Å². The molecule has 0 amide bonds. The van der Waals surface area contributed by atoms with Crippen LogP contribution in [0, 0.1) is 16.7 Å². The zero-order chi connectivity index (χ0) is 19.2. The van der Waals surface area contributed by atoms with Crippen LogP contribution in [-0.4, -0.2) is 24.9 Å². The highest BCUT2D eigenvalue weighted by Gasteiger charge is 2.42. The molecule has 3 atom stereocenters. The first-order chi connectivity index (χ1) is 12.6. The van der Waals surface area contributed by atoms with Gasteiger partial charge in [-0.3, -0.25) is 9.59 Å². The molecular formula is C21H37NO4. The number of ketones is 1. The Kier molecular flexibility index (Phi) is 12.2. The summed E-state index contributed by atoms with van der Waals surface area (Å²) in [4.78, 5) is 34.5. The number of carbonyl (C=O) groups excluding carboxylic acids is 2. The molecule has 1 aliphatic rings. The maximum atomic E-state index is 12.3. The van der Waals surface area contributed by atoms with Crippen molar-refractivity contribution < 1.29 is 14.3 Å². The third-order valence-electron chi connectivity index (χ3n) is 5.74. The molecule has 26 heavy (non-hydrogen) atoms. The minimum atomic E-state index is -0.303.